The maximum Gasteiger partial charge on any atom is 0.518 e. The average molecular weight is 275 g/mol. The van der Waals surface area contributed by atoms with E-state index in [0.717, 1.165) is 0 Å². The summed E-state index contributed by atoms with van der Waals surface area (Å²) in [5.41, 5.74) is 6.40. The van der Waals surface area contributed by atoms with Gasteiger partial charge in [-0.1, -0.05) is 19.3 Å². The minimum atomic E-state index is -2.71. The van der Waals surface area contributed by atoms with Crippen molar-refractivity contribution in [1.82, 2.24) is 0 Å². The molecule has 0 heterocycles. The van der Waals surface area contributed by atoms with Crippen LogP contribution in [0.5, 0.6) is 0 Å². The van der Waals surface area contributed by atoms with Gasteiger partial charge in [-0.15, -0.1) is 0 Å². The third-order valence-corrected chi connectivity index (χ3v) is 6.96. The standard InChI is InChI=1S/C13H29NO3Si/c1-4-15-18(16-5-2,17-6-3)13(14)12-10-8-7-9-11-12/h12-13H,4-11,14H2,1-3H3. The summed E-state index contributed by atoms with van der Waals surface area (Å²) in [6.45, 7) is 7.75. The van der Waals surface area contributed by atoms with Crippen molar-refractivity contribution in [3.63, 3.8) is 0 Å². The summed E-state index contributed by atoms with van der Waals surface area (Å²) >= 11 is 0. The Morgan fingerprint density at radius 1 is 0.944 bits per heavy atom. The Hall–Kier alpha value is 0.0569. The van der Waals surface area contributed by atoms with Gasteiger partial charge in [0.1, 0.15) is 0 Å². The summed E-state index contributed by atoms with van der Waals surface area (Å²) in [7, 11) is -2.71. The maximum absolute atomic E-state index is 6.47. The van der Waals surface area contributed by atoms with Gasteiger partial charge < -0.3 is 19.0 Å². The lowest BCUT2D eigenvalue weighted by atomic mass is 9.89. The van der Waals surface area contributed by atoms with Gasteiger partial charge in [0.05, 0.1) is 5.67 Å². The van der Waals surface area contributed by atoms with Crippen molar-refractivity contribution in [2.45, 2.75) is 58.5 Å². The topological polar surface area (TPSA) is 53.7 Å². The van der Waals surface area contributed by atoms with E-state index in [4.69, 9.17) is 19.0 Å². The van der Waals surface area contributed by atoms with Gasteiger partial charge in [0.15, 0.2) is 0 Å². The lowest BCUT2D eigenvalue weighted by Crippen LogP contribution is -2.63. The van der Waals surface area contributed by atoms with Crippen molar-refractivity contribution in [2.75, 3.05) is 19.8 Å². The van der Waals surface area contributed by atoms with Crippen molar-refractivity contribution in [3.8, 4) is 0 Å². The molecular weight excluding hydrogens is 246 g/mol. The van der Waals surface area contributed by atoms with Crippen LogP contribution >= 0.6 is 0 Å². The van der Waals surface area contributed by atoms with E-state index in [1.807, 2.05) is 20.8 Å². The zero-order chi connectivity index (χ0) is 13.4. The molecule has 1 saturated carbocycles. The minimum Gasteiger partial charge on any atom is -0.373 e. The monoisotopic (exact) mass is 275 g/mol. The first-order valence-corrected chi connectivity index (χ1v) is 9.17. The Balaban J connectivity index is 2.76. The van der Waals surface area contributed by atoms with Gasteiger partial charge in [0.2, 0.25) is 0 Å². The van der Waals surface area contributed by atoms with Crippen LogP contribution in [-0.4, -0.2) is 34.3 Å². The SMILES string of the molecule is CCO[Si](OCC)(OCC)C(N)C1CCCCC1. The van der Waals surface area contributed by atoms with Crippen molar-refractivity contribution in [1.29, 1.82) is 0 Å². The number of hydrogen-bond acceptors (Lipinski definition) is 4. The molecule has 1 unspecified atom stereocenters. The van der Waals surface area contributed by atoms with Gasteiger partial charge in [-0.05, 0) is 39.5 Å². The zero-order valence-electron chi connectivity index (χ0n) is 12.1. The second-order valence-corrected chi connectivity index (χ2v) is 7.57. The van der Waals surface area contributed by atoms with E-state index in [-0.39, 0.29) is 5.67 Å². The Kier molecular flexibility index (Phi) is 7.40. The molecule has 5 heteroatoms. The molecule has 0 amide bonds. The van der Waals surface area contributed by atoms with Gasteiger partial charge in [-0.2, -0.15) is 0 Å². The highest BCUT2D eigenvalue weighted by Gasteiger charge is 2.50. The van der Waals surface area contributed by atoms with Crippen LogP contribution < -0.4 is 5.73 Å². The van der Waals surface area contributed by atoms with E-state index < -0.39 is 8.80 Å². The molecular formula is C13H29NO3Si. The molecule has 0 spiro atoms. The lowest BCUT2D eigenvalue weighted by molar-refractivity contribution is 0.0525. The van der Waals surface area contributed by atoms with Crippen LogP contribution in [0.2, 0.25) is 0 Å². The largest absolute Gasteiger partial charge is 0.518 e. The van der Waals surface area contributed by atoms with Crippen LogP contribution in [0, 0.1) is 5.92 Å². The van der Waals surface area contributed by atoms with Crippen molar-refractivity contribution < 1.29 is 13.3 Å². The van der Waals surface area contributed by atoms with Gasteiger partial charge in [-0.3, -0.25) is 0 Å². The quantitative estimate of drug-likeness (QED) is 0.692. The zero-order valence-corrected chi connectivity index (χ0v) is 13.1. The summed E-state index contributed by atoms with van der Waals surface area (Å²) in [4.78, 5) is 0. The van der Waals surface area contributed by atoms with Gasteiger partial charge in [-0.25, -0.2) is 0 Å². The maximum atomic E-state index is 6.47. The first-order chi connectivity index (χ1) is 8.70. The predicted molar refractivity (Wildman–Crippen MR) is 75.2 cm³/mol. The molecule has 108 valence electrons. The van der Waals surface area contributed by atoms with Crippen molar-refractivity contribution in [3.05, 3.63) is 0 Å². The summed E-state index contributed by atoms with van der Waals surface area (Å²) in [5, 5.41) is 0. The third kappa shape index (κ3) is 4.03. The molecule has 2 N–H and O–H groups in total. The molecule has 4 nitrogen and oxygen atoms in total. The van der Waals surface area contributed by atoms with E-state index in [0.29, 0.717) is 25.7 Å². The second kappa shape index (κ2) is 8.27. The van der Waals surface area contributed by atoms with E-state index in [2.05, 4.69) is 0 Å². The molecule has 1 aliphatic carbocycles. The Morgan fingerprint density at radius 2 is 1.39 bits per heavy atom. The number of rotatable bonds is 8. The van der Waals surface area contributed by atoms with Gasteiger partial charge in [0.25, 0.3) is 0 Å². The van der Waals surface area contributed by atoms with Gasteiger partial charge in [0, 0.05) is 19.8 Å². The highest BCUT2D eigenvalue weighted by Crippen LogP contribution is 2.30. The number of hydrogen-bond donors (Lipinski definition) is 1. The highest BCUT2D eigenvalue weighted by molar-refractivity contribution is 6.62. The lowest BCUT2D eigenvalue weighted by Gasteiger charge is -2.38. The third-order valence-electron chi connectivity index (χ3n) is 3.60. The molecule has 18 heavy (non-hydrogen) atoms. The van der Waals surface area contributed by atoms with Crippen molar-refractivity contribution >= 4 is 8.80 Å². The normalized spacial score (nSPS) is 20.0. The molecule has 0 aromatic rings. The Bertz CT molecular complexity index is 205. The van der Waals surface area contributed by atoms with Crippen LogP contribution in [0.3, 0.4) is 0 Å². The predicted octanol–water partition coefficient (Wildman–Crippen LogP) is 2.48. The molecule has 1 atom stereocenters. The van der Waals surface area contributed by atoms with Crippen LogP contribution in [0.4, 0.5) is 0 Å². The molecule has 0 aliphatic heterocycles. The van der Waals surface area contributed by atoms with Crippen LogP contribution in [0.1, 0.15) is 52.9 Å². The fourth-order valence-corrected chi connectivity index (χ4v) is 5.74. The Labute approximate surface area is 113 Å². The Morgan fingerprint density at radius 3 is 1.78 bits per heavy atom. The molecule has 0 radical (unpaired) electrons. The molecule has 1 rings (SSSR count). The molecule has 0 aromatic heterocycles. The summed E-state index contributed by atoms with van der Waals surface area (Å²) in [6, 6.07) is 0. The molecule has 1 aliphatic rings. The van der Waals surface area contributed by atoms with Crippen molar-refractivity contribution in [2.24, 2.45) is 11.7 Å². The first kappa shape index (κ1) is 16.1. The molecule has 0 aromatic carbocycles. The van der Waals surface area contributed by atoms with E-state index in [1.54, 1.807) is 0 Å². The highest BCUT2D eigenvalue weighted by atomic mass is 28.4. The molecule has 1 fully saturated rings. The molecule has 0 bridgehead atoms. The summed E-state index contributed by atoms with van der Waals surface area (Å²) in [6.07, 6.45) is 6.24. The van der Waals surface area contributed by atoms with E-state index in [1.165, 1.54) is 32.1 Å². The van der Waals surface area contributed by atoms with Gasteiger partial charge >= 0.3 is 8.80 Å². The second-order valence-electron chi connectivity index (χ2n) is 4.83. The fourth-order valence-electron chi connectivity index (χ4n) is 2.80. The van der Waals surface area contributed by atoms with E-state index >= 15 is 0 Å². The molecule has 0 saturated heterocycles. The van der Waals surface area contributed by atoms with Crippen LogP contribution in [-0.2, 0) is 13.3 Å². The summed E-state index contributed by atoms with van der Waals surface area (Å²) < 4.78 is 17.7. The minimum absolute atomic E-state index is 0.0716. The first-order valence-electron chi connectivity index (χ1n) is 7.37. The smallest absolute Gasteiger partial charge is 0.373 e. The number of nitrogens with two attached hydrogens (primary N) is 1. The van der Waals surface area contributed by atoms with Crippen LogP contribution in [0.15, 0.2) is 0 Å². The summed E-state index contributed by atoms with van der Waals surface area (Å²) in [5.74, 6) is 0.495. The fraction of sp³-hybridized carbons (Fsp3) is 1.00. The van der Waals surface area contributed by atoms with E-state index in [9.17, 15) is 0 Å². The van der Waals surface area contributed by atoms with Crippen LogP contribution in [0.25, 0.3) is 0 Å². The average Bonchev–Trinajstić information content (AvgIpc) is 2.39.